The third-order valence-electron chi connectivity index (χ3n) is 10.9. The van der Waals surface area contributed by atoms with E-state index in [0.717, 1.165) is 47.0 Å². The summed E-state index contributed by atoms with van der Waals surface area (Å²) < 4.78 is 3.16. The van der Waals surface area contributed by atoms with Crippen LogP contribution in [-0.4, -0.2) is 29.1 Å². The summed E-state index contributed by atoms with van der Waals surface area (Å²) in [5.74, 6) is 1.40. The van der Waals surface area contributed by atoms with Crippen molar-refractivity contribution < 1.29 is 0 Å². The van der Waals surface area contributed by atoms with Crippen molar-refractivity contribution in [2.45, 2.75) is 37.0 Å². The molecule has 13 heteroatoms. The number of nitrogens with zero attached hydrogens (tertiary/aromatic N) is 7. The van der Waals surface area contributed by atoms with Gasteiger partial charge in [0.15, 0.2) is 0 Å². The number of benzene rings is 4. The van der Waals surface area contributed by atoms with Crippen LogP contribution in [0.15, 0.2) is 131 Å². The number of rotatable bonds is 9. The molecule has 4 heterocycles. The third-order valence-corrected chi connectivity index (χ3v) is 11.7. The maximum absolute atomic E-state index is 14.1. The SMILES string of the molecule is N#Cc1cc(Nc2nc(=O)n(-c3ccccc3Cl)c3cc(C4CC4c4cccc(-n5c(=O)nc(Nc6ccncc6)c6ccc(C7CC7)cc65)c4Cl)ccc23)ccn1. The van der Waals surface area contributed by atoms with Gasteiger partial charge in [-0.2, -0.15) is 15.2 Å². The van der Waals surface area contributed by atoms with Crippen LogP contribution in [0.25, 0.3) is 33.2 Å². The number of para-hydroxylation sites is 1. The zero-order valence-corrected chi connectivity index (χ0v) is 32.1. The standard InChI is InChI=1S/C45H31Cl2N9O2/c46-36-5-1-2-6-37(36)55-40-21-27(11-13-33(40)43(54-44(55)57)52-29-16-19-50-30(22-29)24-48)34-23-35(34)31-4-3-7-38(41(31)47)56-39-20-26(25-8-9-25)10-12-32(39)42(53-45(56)58)51-28-14-17-49-18-15-28/h1-7,10-22,25,34-35H,8-9,23H2,(H,49,51,53,58)(H,50,52,54,57). The highest BCUT2D eigenvalue weighted by Gasteiger charge is 2.41. The number of halogens is 2. The van der Waals surface area contributed by atoms with E-state index in [2.05, 4.69) is 42.7 Å². The highest BCUT2D eigenvalue weighted by molar-refractivity contribution is 6.33. The fourth-order valence-corrected chi connectivity index (χ4v) is 8.43. The summed E-state index contributed by atoms with van der Waals surface area (Å²) in [4.78, 5) is 45.0. The molecule has 2 saturated carbocycles. The van der Waals surface area contributed by atoms with Crippen molar-refractivity contribution in [3.63, 3.8) is 0 Å². The molecule has 2 aliphatic rings. The Hall–Kier alpha value is -6.87. The number of pyridine rings is 2. The van der Waals surface area contributed by atoms with E-state index in [1.165, 1.54) is 16.3 Å². The second-order valence-corrected chi connectivity index (χ2v) is 15.4. The van der Waals surface area contributed by atoms with E-state index < -0.39 is 11.4 Å². The van der Waals surface area contributed by atoms with Crippen LogP contribution in [0.1, 0.15) is 59.4 Å². The Morgan fingerprint density at radius 1 is 0.672 bits per heavy atom. The number of aromatic nitrogens is 6. The van der Waals surface area contributed by atoms with E-state index in [0.29, 0.717) is 55.6 Å². The second kappa shape index (κ2) is 14.3. The molecule has 2 atom stereocenters. The van der Waals surface area contributed by atoms with Gasteiger partial charge in [0, 0.05) is 40.7 Å². The zero-order chi connectivity index (χ0) is 39.5. The van der Waals surface area contributed by atoms with Gasteiger partial charge in [0.1, 0.15) is 23.4 Å². The van der Waals surface area contributed by atoms with Crippen molar-refractivity contribution >= 4 is 68.0 Å². The molecule has 0 spiro atoms. The third kappa shape index (κ3) is 6.42. The highest BCUT2D eigenvalue weighted by Crippen LogP contribution is 2.57. The second-order valence-electron chi connectivity index (χ2n) is 14.6. The normalized spacial score (nSPS) is 15.9. The van der Waals surface area contributed by atoms with Crippen molar-refractivity contribution in [3.8, 4) is 17.4 Å². The quantitative estimate of drug-likeness (QED) is 0.146. The summed E-state index contributed by atoms with van der Waals surface area (Å²) in [7, 11) is 0. The first-order valence-electron chi connectivity index (χ1n) is 18.8. The molecule has 4 aromatic heterocycles. The molecule has 282 valence electrons. The van der Waals surface area contributed by atoms with Crippen molar-refractivity contribution in [2.75, 3.05) is 10.6 Å². The van der Waals surface area contributed by atoms with Gasteiger partial charge in [-0.3, -0.25) is 14.1 Å². The summed E-state index contributed by atoms with van der Waals surface area (Å²) in [5, 5.41) is 18.3. The lowest BCUT2D eigenvalue weighted by atomic mass is 10.0. The van der Waals surface area contributed by atoms with Crippen LogP contribution < -0.4 is 22.0 Å². The van der Waals surface area contributed by atoms with E-state index in [1.54, 1.807) is 41.2 Å². The fourth-order valence-electron chi connectivity index (χ4n) is 7.86. The largest absolute Gasteiger partial charge is 0.354 e. The van der Waals surface area contributed by atoms with Crippen LogP contribution in [0.5, 0.6) is 0 Å². The van der Waals surface area contributed by atoms with Crippen LogP contribution in [0.3, 0.4) is 0 Å². The average Bonchev–Trinajstić information content (AvgIpc) is 4.18. The molecule has 2 aliphatic carbocycles. The molecule has 0 radical (unpaired) electrons. The summed E-state index contributed by atoms with van der Waals surface area (Å²) in [6.07, 6.45) is 7.94. The van der Waals surface area contributed by atoms with Gasteiger partial charge < -0.3 is 10.6 Å². The van der Waals surface area contributed by atoms with E-state index in [4.69, 9.17) is 23.2 Å². The van der Waals surface area contributed by atoms with Crippen molar-refractivity contribution in [2.24, 2.45) is 0 Å². The molecule has 11 nitrogen and oxygen atoms in total. The van der Waals surface area contributed by atoms with E-state index in [9.17, 15) is 14.9 Å². The van der Waals surface area contributed by atoms with Gasteiger partial charge >= 0.3 is 11.4 Å². The van der Waals surface area contributed by atoms with Crippen LogP contribution >= 0.6 is 23.2 Å². The molecule has 10 rings (SSSR count). The average molecular weight is 801 g/mol. The Morgan fingerprint density at radius 2 is 1.31 bits per heavy atom. The van der Waals surface area contributed by atoms with E-state index >= 15 is 0 Å². The first kappa shape index (κ1) is 35.5. The van der Waals surface area contributed by atoms with Gasteiger partial charge in [0.05, 0.1) is 32.5 Å². The number of fused-ring (bicyclic) bond motifs is 2. The first-order valence-corrected chi connectivity index (χ1v) is 19.6. The van der Waals surface area contributed by atoms with Gasteiger partial charge in [-0.25, -0.2) is 14.6 Å². The zero-order valence-electron chi connectivity index (χ0n) is 30.6. The van der Waals surface area contributed by atoms with Crippen LogP contribution in [0, 0.1) is 11.3 Å². The number of hydrogen-bond acceptors (Lipinski definition) is 9. The topological polar surface area (TPSA) is 143 Å². The smallest absolute Gasteiger partial charge is 0.339 e. The molecular weight excluding hydrogens is 769 g/mol. The minimum absolute atomic E-state index is 0.0515. The van der Waals surface area contributed by atoms with E-state index in [1.807, 2.05) is 72.8 Å². The van der Waals surface area contributed by atoms with E-state index in [-0.39, 0.29) is 17.5 Å². The summed E-state index contributed by atoms with van der Waals surface area (Å²) in [5.41, 5.74) is 6.16. The first-order chi connectivity index (χ1) is 28.3. The van der Waals surface area contributed by atoms with Gasteiger partial charge in [-0.05, 0) is 120 Å². The number of hydrogen-bond donors (Lipinski definition) is 2. The maximum Gasteiger partial charge on any atom is 0.354 e. The molecule has 2 unspecified atom stereocenters. The Kier molecular flexibility index (Phi) is 8.73. The van der Waals surface area contributed by atoms with Gasteiger partial charge in [0.2, 0.25) is 0 Å². The number of nitrogens with one attached hydrogen (secondary N) is 2. The predicted molar refractivity (Wildman–Crippen MR) is 227 cm³/mol. The molecule has 0 aliphatic heterocycles. The molecule has 0 amide bonds. The predicted octanol–water partition coefficient (Wildman–Crippen LogP) is 9.69. The molecule has 2 fully saturated rings. The maximum atomic E-state index is 14.1. The molecular formula is C45H31Cl2N9O2. The van der Waals surface area contributed by atoms with Crippen LogP contribution in [0.2, 0.25) is 10.0 Å². The van der Waals surface area contributed by atoms with Crippen molar-refractivity contribution in [1.29, 1.82) is 5.26 Å². The lowest BCUT2D eigenvalue weighted by molar-refractivity contribution is 0.947. The van der Waals surface area contributed by atoms with Gasteiger partial charge in [-0.15, -0.1) is 0 Å². The summed E-state index contributed by atoms with van der Waals surface area (Å²) in [6, 6.07) is 34.2. The highest BCUT2D eigenvalue weighted by atomic mass is 35.5. The van der Waals surface area contributed by atoms with Crippen LogP contribution in [-0.2, 0) is 0 Å². The molecule has 0 saturated heterocycles. The lowest BCUT2D eigenvalue weighted by Gasteiger charge is -2.17. The molecule has 8 aromatic rings. The van der Waals surface area contributed by atoms with Gasteiger partial charge in [-0.1, -0.05) is 59.6 Å². The minimum atomic E-state index is -0.518. The molecule has 2 N–H and O–H groups in total. The Bertz CT molecular complexity index is 3120. The Balaban J connectivity index is 1.05. The fraction of sp³-hybridized carbons (Fsp3) is 0.133. The Labute approximate surface area is 341 Å². The minimum Gasteiger partial charge on any atom is -0.339 e. The number of nitriles is 1. The number of anilines is 4. The summed E-state index contributed by atoms with van der Waals surface area (Å²) >= 11 is 14.0. The molecule has 58 heavy (non-hydrogen) atoms. The lowest BCUT2D eigenvalue weighted by Crippen LogP contribution is -2.23. The summed E-state index contributed by atoms with van der Waals surface area (Å²) in [6.45, 7) is 0. The molecule has 4 aromatic carbocycles. The van der Waals surface area contributed by atoms with Crippen molar-refractivity contribution in [3.05, 3.63) is 175 Å². The van der Waals surface area contributed by atoms with Crippen molar-refractivity contribution in [1.82, 2.24) is 29.1 Å². The van der Waals surface area contributed by atoms with Crippen LogP contribution in [0.4, 0.5) is 23.0 Å². The van der Waals surface area contributed by atoms with Gasteiger partial charge in [0.25, 0.3) is 0 Å². The monoisotopic (exact) mass is 799 g/mol. The Morgan fingerprint density at radius 3 is 2.02 bits per heavy atom. The molecule has 0 bridgehead atoms.